The average molecular weight is 196 g/mol. The van der Waals surface area contributed by atoms with Gasteiger partial charge in [-0.1, -0.05) is 24.3 Å². The summed E-state index contributed by atoms with van der Waals surface area (Å²) in [5, 5.41) is 35.0. The second-order valence-corrected chi connectivity index (χ2v) is 2.78. The number of carbonyl (C=O) groups is 1. The second kappa shape index (κ2) is 4.23. The predicted molar refractivity (Wildman–Crippen MR) is 48.9 cm³/mol. The highest BCUT2D eigenvalue weighted by molar-refractivity contribution is 6.58. The maximum absolute atomic E-state index is 10.4. The van der Waals surface area contributed by atoms with E-state index < -0.39 is 19.2 Å². The number of aliphatic carboxylic acids is 1. The van der Waals surface area contributed by atoms with E-state index in [4.69, 9.17) is 20.3 Å². The van der Waals surface area contributed by atoms with Crippen LogP contribution in [0.2, 0.25) is 0 Å². The molecule has 0 amide bonds. The van der Waals surface area contributed by atoms with E-state index in [1.54, 1.807) is 0 Å². The van der Waals surface area contributed by atoms with Crippen LogP contribution in [0.5, 0.6) is 0 Å². The normalized spacial score (nSPS) is 12.2. The largest absolute Gasteiger partial charge is 0.488 e. The van der Waals surface area contributed by atoms with Crippen molar-refractivity contribution in [2.75, 3.05) is 0 Å². The Morgan fingerprint density at radius 3 is 2.07 bits per heavy atom. The van der Waals surface area contributed by atoms with Gasteiger partial charge in [-0.15, -0.1) is 0 Å². The molecule has 0 heterocycles. The highest BCUT2D eigenvalue weighted by Gasteiger charge is 2.17. The summed E-state index contributed by atoms with van der Waals surface area (Å²) in [6.45, 7) is 0. The molecule has 4 N–H and O–H groups in total. The fourth-order valence-corrected chi connectivity index (χ4v) is 0.993. The Hall–Kier alpha value is -1.37. The average Bonchev–Trinajstić information content (AvgIpc) is 2.16. The van der Waals surface area contributed by atoms with Crippen LogP contribution >= 0.6 is 0 Å². The van der Waals surface area contributed by atoms with Crippen LogP contribution in [0.4, 0.5) is 0 Å². The van der Waals surface area contributed by atoms with Crippen LogP contribution < -0.4 is 5.46 Å². The third-order valence-corrected chi connectivity index (χ3v) is 1.78. The molecule has 1 atom stereocenters. The Balaban J connectivity index is 2.88. The zero-order valence-electron chi connectivity index (χ0n) is 7.16. The molecular formula is C8H9BO5. The minimum Gasteiger partial charge on any atom is -0.479 e. The standard InChI is InChI=1S/C8H9BO5/c10-7(8(11)12)5-1-3-6(4-2-5)9(13)14/h1-4,7,10,13-14H,(H,11,12)/t7-/m0/s1. The molecule has 6 heteroatoms. The van der Waals surface area contributed by atoms with Crippen molar-refractivity contribution in [3.8, 4) is 0 Å². The highest BCUT2D eigenvalue weighted by atomic mass is 16.4. The first-order valence-corrected chi connectivity index (χ1v) is 3.89. The van der Waals surface area contributed by atoms with Crippen molar-refractivity contribution in [2.24, 2.45) is 0 Å². The number of hydrogen-bond acceptors (Lipinski definition) is 4. The van der Waals surface area contributed by atoms with Gasteiger partial charge >= 0.3 is 13.1 Å². The van der Waals surface area contributed by atoms with Gasteiger partial charge in [0.15, 0.2) is 6.10 Å². The Morgan fingerprint density at radius 2 is 1.71 bits per heavy atom. The number of rotatable bonds is 3. The van der Waals surface area contributed by atoms with Crippen LogP contribution in [0.3, 0.4) is 0 Å². The van der Waals surface area contributed by atoms with Crippen LogP contribution in [0.15, 0.2) is 24.3 Å². The van der Waals surface area contributed by atoms with E-state index in [-0.39, 0.29) is 11.0 Å². The van der Waals surface area contributed by atoms with Gasteiger partial charge in [-0.2, -0.15) is 0 Å². The predicted octanol–water partition coefficient (Wildman–Crippen LogP) is -1.52. The maximum atomic E-state index is 10.4. The number of aliphatic hydroxyl groups excluding tert-OH is 1. The SMILES string of the molecule is O=C(O)[C@@H](O)c1ccc(B(O)O)cc1. The van der Waals surface area contributed by atoms with Crippen molar-refractivity contribution in [3.63, 3.8) is 0 Å². The first-order valence-electron chi connectivity index (χ1n) is 3.89. The van der Waals surface area contributed by atoms with Crippen molar-refractivity contribution in [2.45, 2.75) is 6.10 Å². The van der Waals surface area contributed by atoms with Crippen LogP contribution in [0, 0.1) is 0 Å². The van der Waals surface area contributed by atoms with Crippen molar-refractivity contribution in [3.05, 3.63) is 29.8 Å². The van der Waals surface area contributed by atoms with Gasteiger partial charge < -0.3 is 20.3 Å². The van der Waals surface area contributed by atoms with E-state index in [1.807, 2.05) is 0 Å². The van der Waals surface area contributed by atoms with Crippen molar-refractivity contribution in [1.29, 1.82) is 0 Å². The fraction of sp³-hybridized carbons (Fsp3) is 0.125. The van der Waals surface area contributed by atoms with Gasteiger partial charge in [-0.3, -0.25) is 0 Å². The molecule has 0 aliphatic carbocycles. The molecule has 0 radical (unpaired) electrons. The third-order valence-electron chi connectivity index (χ3n) is 1.78. The molecule has 14 heavy (non-hydrogen) atoms. The summed E-state index contributed by atoms with van der Waals surface area (Å²) in [4.78, 5) is 10.4. The molecule has 0 saturated heterocycles. The molecule has 0 unspecified atom stereocenters. The summed E-state index contributed by atoms with van der Waals surface area (Å²) in [6.07, 6.45) is -1.58. The first kappa shape index (κ1) is 10.7. The molecule has 5 nitrogen and oxygen atoms in total. The third kappa shape index (κ3) is 2.32. The van der Waals surface area contributed by atoms with Gasteiger partial charge in [-0.05, 0) is 11.0 Å². The second-order valence-electron chi connectivity index (χ2n) is 2.78. The highest BCUT2D eigenvalue weighted by Crippen LogP contribution is 2.10. The van der Waals surface area contributed by atoms with E-state index in [1.165, 1.54) is 24.3 Å². The topological polar surface area (TPSA) is 98.0 Å². The summed E-state index contributed by atoms with van der Waals surface area (Å²) >= 11 is 0. The zero-order valence-corrected chi connectivity index (χ0v) is 7.16. The van der Waals surface area contributed by atoms with Crippen LogP contribution in [0.25, 0.3) is 0 Å². The molecule has 1 aromatic rings. The van der Waals surface area contributed by atoms with Gasteiger partial charge in [0, 0.05) is 0 Å². The molecule has 0 aliphatic heterocycles. The van der Waals surface area contributed by atoms with E-state index in [9.17, 15) is 4.79 Å². The lowest BCUT2D eigenvalue weighted by molar-refractivity contribution is -0.146. The lowest BCUT2D eigenvalue weighted by Crippen LogP contribution is -2.29. The summed E-state index contributed by atoms with van der Waals surface area (Å²) < 4.78 is 0. The fourth-order valence-electron chi connectivity index (χ4n) is 0.993. The molecule has 1 rings (SSSR count). The molecule has 1 aromatic carbocycles. The summed E-state index contributed by atoms with van der Waals surface area (Å²) in [6, 6.07) is 5.33. The number of hydrogen-bond donors (Lipinski definition) is 4. The Kier molecular flexibility index (Phi) is 3.24. The number of carboxylic acids is 1. The minimum atomic E-state index is -1.59. The van der Waals surface area contributed by atoms with Gasteiger partial charge in [0.05, 0.1) is 0 Å². The first-order chi connectivity index (χ1) is 6.52. The number of carboxylic acid groups (broad SMARTS) is 1. The van der Waals surface area contributed by atoms with Crippen molar-refractivity contribution in [1.82, 2.24) is 0 Å². The molecule has 0 spiro atoms. The van der Waals surface area contributed by atoms with E-state index in [2.05, 4.69) is 0 Å². The number of benzene rings is 1. The van der Waals surface area contributed by atoms with E-state index in [0.29, 0.717) is 0 Å². The monoisotopic (exact) mass is 196 g/mol. The van der Waals surface area contributed by atoms with Crippen LogP contribution in [0.1, 0.15) is 11.7 Å². The smallest absolute Gasteiger partial charge is 0.479 e. The van der Waals surface area contributed by atoms with Crippen molar-refractivity contribution >= 4 is 18.6 Å². The quantitative estimate of drug-likeness (QED) is 0.440. The summed E-state index contributed by atoms with van der Waals surface area (Å²) in [5.41, 5.74) is 0.438. The molecule has 0 fully saturated rings. The van der Waals surface area contributed by atoms with Gasteiger partial charge in [0.2, 0.25) is 0 Å². The van der Waals surface area contributed by atoms with Crippen LogP contribution in [-0.2, 0) is 4.79 Å². The van der Waals surface area contributed by atoms with E-state index in [0.717, 1.165) is 0 Å². The van der Waals surface area contributed by atoms with Gasteiger partial charge in [0.25, 0.3) is 0 Å². The zero-order chi connectivity index (χ0) is 10.7. The van der Waals surface area contributed by atoms with Crippen LogP contribution in [-0.4, -0.2) is 33.3 Å². The summed E-state index contributed by atoms with van der Waals surface area (Å²) in [7, 11) is -1.59. The Bertz CT molecular complexity index is 321. The number of aliphatic hydroxyl groups is 1. The Labute approximate surface area is 80.4 Å². The van der Waals surface area contributed by atoms with Crippen molar-refractivity contribution < 1.29 is 25.1 Å². The Morgan fingerprint density at radius 1 is 1.21 bits per heavy atom. The lowest BCUT2D eigenvalue weighted by atomic mass is 9.80. The molecule has 0 aromatic heterocycles. The molecular weight excluding hydrogens is 187 g/mol. The molecule has 0 saturated carbocycles. The molecule has 0 aliphatic rings. The summed E-state index contributed by atoms with van der Waals surface area (Å²) in [5.74, 6) is -1.35. The maximum Gasteiger partial charge on any atom is 0.488 e. The molecule has 0 bridgehead atoms. The van der Waals surface area contributed by atoms with Gasteiger partial charge in [0.1, 0.15) is 0 Å². The molecule has 74 valence electrons. The minimum absolute atomic E-state index is 0.196. The van der Waals surface area contributed by atoms with Gasteiger partial charge in [-0.25, -0.2) is 4.79 Å². The lowest BCUT2D eigenvalue weighted by Gasteiger charge is -2.06. The van der Waals surface area contributed by atoms with E-state index >= 15 is 0 Å².